The lowest BCUT2D eigenvalue weighted by atomic mass is 10.1. The van der Waals surface area contributed by atoms with Gasteiger partial charge in [0.1, 0.15) is 11.3 Å². The van der Waals surface area contributed by atoms with E-state index >= 15 is 0 Å². The second-order valence-electron chi connectivity index (χ2n) is 19.5. The quantitative estimate of drug-likeness (QED) is 0.124. The summed E-state index contributed by atoms with van der Waals surface area (Å²) < 4.78 is 5.16. The van der Waals surface area contributed by atoms with Crippen LogP contribution in [0.1, 0.15) is 0 Å². The lowest BCUT2D eigenvalue weighted by molar-refractivity contribution is 1.19. The molecular formula is C74H57BrN8. The highest BCUT2D eigenvalue weighted by molar-refractivity contribution is 9.10. The average molecular weight is 1140 g/mol. The van der Waals surface area contributed by atoms with Crippen LogP contribution in [0.3, 0.4) is 0 Å². The van der Waals surface area contributed by atoms with Crippen molar-refractivity contribution in [1.29, 1.82) is 0 Å². The molecule has 0 saturated carbocycles. The van der Waals surface area contributed by atoms with Crippen molar-refractivity contribution in [3.63, 3.8) is 0 Å². The van der Waals surface area contributed by atoms with E-state index in [0.29, 0.717) is 0 Å². The molecule has 14 rings (SSSR count). The van der Waals surface area contributed by atoms with Gasteiger partial charge in [-0.15, -0.1) is 0 Å². The molecule has 0 aliphatic carbocycles. The highest BCUT2D eigenvalue weighted by atomic mass is 79.9. The van der Waals surface area contributed by atoms with Gasteiger partial charge in [-0.3, -0.25) is 0 Å². The minimum absolute atomic E-state index is 0.942. The van der Waals surface area contributed by atoms with Gasteiger partial charge in [-0.2, -0.15) is 0 Å². The summed E-state index contributed by atoms with van der Waals surface area (Å²) >= 11 is 3.43. The number of nitrogens with zero attached hydrogens (tertiary/aromatic N) is 7. The first-order valence-electron chi connectivity index (χ1n) is 27.5. The molecule has 0 saturated heterocycles. The van der Waals surface area contributed by atoms with E-state index in [1.165, 1.54) is 0 Å². The highest BCUT2D eigenvalue weighted by Crippen LogP contribution is 2.40. The van der Waals surface area contributed by atoms with Gasteiger partial charge in [-0.05, 0) is 170 Å². The highest BCUT2D eigenvalue weighted by Gasteiger charge is 2.17. The van der Waals surface area contributed by atoms with Crippen molar-refractivity contribution in [2.75, 3.05) is 20.0 Å². The number of fused-ring (bicyclic) bond motifs is 2. The van der Waals surface area contributed by atoms with Crippen LogP contribution in [0.25, 0.3) is 33.8 Å². The summed E-state index contributed by atoms with van der Waals surface area (Å²) in [6.45, 7) is 0. The predicted octanol–water partition coefficient (Wildman–Crippen LogP) is 20.6. The molecule has 0 aliphatic heterocycles. The number of rotatable bonds is 13. The van der Waals surface area contributed by atoms with Crippen LogP contribution in [-0.4, -0.2) is 18.8 Å². The molecule has 0 atom stereocenters. The Morgan fingerprint density at radius 2 is 0.530 bits per heavy atom. The monoisotopic (exact) mass is 1140 g/mol. The number of benzene rings is 10. The van der Waals surface area contributed by atoms with Gasteiger partial charge in [0.05, 0.1) is 11.4 Å². The molecule has 10 aromatic carbocycles. The Hall–Kier alpha value is -10.7. The molecule has 0 fully saturated rings. The van der Waals surface area contributed by atoms with Crippen LogP contribution < -0.4 is 20.0 Å². The third kappa shape index (κ3) is 12.8. The molecule has 0 unspecified atom stereocenters. The first-order valence-corrected chi connectivity index (χ1v) is 28.3. The molecule has 0 aliphatic rings. The predicted molar refractivity (Wildman–Crippen MR) is 349 cm³/mol. The van der Waals surface area contributed by atoms with E-state index in [9.17, 15) is 0 Å². The summed E-state index contributed by atoms with van der Waals surface area (Å²) in [7, 11) is 0. The van der Waals surface area contributed by atoms with Crippen molar-refractivity contribution >= 4 is 89.8 Å². The Kier molecular flexibility index (Phi) is 16.3. The lowest BCUT2D eigenvalue weighted by Crippen LogP contribution is -2.12. The lowest BCUT2D eigenvalue weighted by Gasteiger charge is -2.28. The maximum atomic E-state index is 4.79. The average Bonchev–Trinajstić information content (AvgIpc) is 4.38. The maximum Gasteiger partial charge on any atom is 0.137 e. The molecule has 400 valence electrons. The van der Waals surface area contributed by atoms with Gasteiger partial charge in [0, 0.05) is 103 Å². The Morgan fingerprint density at radius 1 is 0.265 bits per heavy atom. The third-order valence-electron chi connectivity index (χ3n) is 13.9. The van der Waals surface area contributed by atoms with E-state index in [0.717, 1.165) is 101 Å². The summed E-state index contributed by atoms with van der Waals surface area (Å²) in [5.74, 6) is 0. The molecule has 4 aromatic heterocycles. The molecular weight excluding hydrogens is 1080 g/mol. The van der Waals surface area contributed by atoms with E-state index < -0.39 is 0 Å². The van der Waals surface area contributed by atoms with Gasteiger partial charge in [-0.1, -0.05) is 162 Å². The number of pyridine rings is 2. The number of imidazole rings is 2. The van der Waals surface area contributed by atoms with Crippen LogP contribution in [0.4, 0.5) is 62.6 Å². The Labute approximate surface area is 492 Å². The largest absolute Gasteiger partial charge is 0.356 e. The second kappa shape index (κ2) is 25.6. The molecule has 14 aromatic rings. The van der Waals surface area contributed by atoms with E-state index in [1.807, 2.05) is 114 Å². The van der Waals surface area contributed by atoms with Crippen molar-refractivity contribution in [3.8, 4) is 22.5 Å². The van der Waals surface area contributed by atoms with Crippen LogP contribution >= 0.6 is 15.9 Å². The molecule has 0 amide bonds. The van der Waals surface area contributed by atoms with Crippen molar-refractivity contribution in [2.45, 2.75) is 0 Å². The topological polar surface area (TPSA) is 56.4 Å². The summed E-state index contributed by atoms with van der Waals surface area (Å²) in [5.41, 5.74) is 18.3. The smallest absolute Gasteiger partial charge is 0.137 e. The Morgan fingerprint density at radius 3 is 0.867 bits per heavy atom. The van der Waals surface area contributed by atoms with E-state index in [-0.39, 0.29) is 0 Å². The molecule has 8 nitrogen and oxygen atoms in total. The first-order chi connectivity index (χ1) is 41.1. The van der Waals surface area contributed by atoms with Crippen LogP contribution in [0.2, 0.25) is 0 Å². The van der Waals surface area contributed by atoms with Crippen molar-refractivity contribution < 1.29 is 0 Å². The van der Waals surface area contributed by atoms with Gasteiger partial charge in [0.25, 0.3) is 0 Å². The SMILES string of the molecule is Brc1ccc(-c2cn3ccccc3n2)cc1.c1ccc(N(c2ccccc2)c2ccc(N(c3ccccc3)c3ccc(-c4cn5ccccc5n4)cc3)cc2)cc1.c1ccc(Nc2ccc(N(c3ccccc3)c3ccccc3)cc2)cc1. The number of hydrogen-bond acceptors (Lipinski definition) is 6. The van der Waals surface area contributed by atoms with Gasteiger partial charge in [0.15, 0.2) is 0 Å². The van der Waals surface area contributed by atoms with Gasteiger partial charge in [0.2, 0.25) is 0 Å². The summed E-state index contributed by atoms with van der Waals surface area (Å²) in [4.78, 5) is 16.2. The van der Waals surface area contributed by atoms with Crippen LogP contribution in [0.5, 0.6) is 0 Å². The molecule has 83 heavy (non-hydrogen) atoms. The summed E-state index contributed by atoms with van der Waals surface area (Å²) in [6, 6.07) is 109. The van der Waals surface area contributed by atoms with Crippen LogP contribution in [0, 0.1) is 0 Å². The molecule has 0 spiro atoms. The minimum atomic E-state index is 0.942. The summed E-state index contributed by atoms with van der Waals surface area (Å²) in [5, 5.41) is 3.43. The zero-order valence-corrected chi connectivity index (χ0v) is 46.9. The van der Waals surface area contributed by atoms with Crippen LogP contribution in [0.15, 0.2) is 345 Å². The number of para-hydroxylation sites is 6. The molecule has 1 N–H and O–H groups in total. The second-order valence-corrected chi connectivity index (χ2v) is 20.4. The fraction of sp³-hybridized carbons (Fsp3) is 0. The zero-order valence-electron chi connectivity index (χ0n) is 45.3. The van der Waals surface area contributed by atoms with Gasteiger partial charge < -0.3 is 28.8 Å². The molecule has 0 bridgehead atoms. The molecule has 9 heteroatoms. The van der Waals surface area contributed by atoms with E-state index in [4.69, 9.17) is 4.98 Å². The van der Waals surface area contributed by atoms with Gasteiger partial charge >= 0.3 is 0 Å². The number of nitrogens with one attached hydrogen (secondary N) is 1. The van der Waals surface area contributed by atoms with Crippen molar-refractivity contribution in [2.24, 2.45) is 0 Å². The molecule has 0 radical (unpaired) electrons. The van der Waals surface area contributed by atoms with Crippen molar-refractivity contribution in [1.82, 2.24) is 18.8 Å². The fourth-order valence-corrected chi connectivity index (χ4v) is 10.2. The molecule has 4 heterocycles. The van der Waals surface area contributed by atoms with Crippen LogP contribution in [-0.2, 0) is 0 Å². The number of anilines is 11. The number of halogens is 1. The Balaban J connectivity index is 0.000000137. The minimum Gasteiger partial charge on any atom is -0.356 e. The number of hydrogen-bond donors (Lipinski definition) is 1. The number of aromatic nitrogens is 4. The zero-order chi connectivity index (χ0) is 56.0. The standard InChI is InChI=1S/C37H28N4.C24H20N2.C13H9BrN2/c1-4-12-30(13-5-1)40(31-14-6-2-7-15-31)34-23-25-35(26-24-34)41(32-16-8-3-9-17-32)33-21-19-29(20-22-33)36-28-39-27-11-10-18-37(39)38-36;1-4-10-20(11-5-1)25-21-16-18-24(19-17-21)26(22-12-6-2-7-13-22)23-14-8-3-9-15-23;14-11-6-4-10(5-7-11)12-9-16-8-2-1-3-13(16)15-12/h1-28H;1-19,25H;1-9H. The fourth-order valence-electron chi connectivity index (χ4n) is 9.91. The van der Waals surface area contributed by atoms with Crippen molar-refractivity contribution in [3.05, 3.63) is 345 Å². The third-order valence-corrected chi connectivity index (χ3v) is 14.4. The van der Waals surface area contributed by atoms with Gasteiger partial charge in [-0.25, -0.2) is 9.97 Å². The Bertz CT molecular complexity index is 4120. The maximum absolute atomic E-state index is 4.79. The van der Waals surface area contributed by atoms with E-state index in [1.54, 1.807) is 0 Å². The summed E-state index contributed by atoms with van der Waals surface area (Å²) in [6.07, 6.45) is 8.14. The van der Waals surface area contributed by atoms with E-state index in [2.05, 4.69) is 276 Å². The normalized spacial score (nSPS) is 10.7. The first kappa shape index (κ1) is 52.9.